The number of hydrogen-bond donors (Lipinski definition) is 1. The third-order valence-electron chi connectivity index (χ3n) is 4.75. The van der Waals surface area contributed by atoms with Crippen LogP contribution in [0.4, 0.5) is 4.79 Å². The fraction of sp³-hybridized carbons (Fsp3) is 0.364. The van der Waals surface area contributed by atoms with Crippen LogP contribution in [0.1, 0.15) is 32.8 Å². The van der Waals surface area contributed by atoms with Crippen molar-refractivity contribution >= 4 is 28.7 Å². The van der Waals surface area contributed by atoms with E-state index in [2.05, 4.69) is 25.8 Å². The predicted octanol–water partition coefficient (Wildman–Crippen LogP) is 2.50. The third kappa shape index (κ3) is 5.62. The first-order valence-corrected chi connectivity index (χ1v) is 10.5. The van der Waals surface area contributed by atoms with Crippen LogP contribution in [0.5, 0.6) is 0 Å². The van der Waals surface area contributed by atoms with Crippen LogP contribution in [0, 0.1) is 0 Å². The van der Waals surface area contributed by atoms with Gasteiger partial charge in [0.25, 0.3) is 0 Å². The van der Waals surface area contributed by atoms with E-state index in [0.717, 1.165) is 10.9 Å². The Labute approximate surface area is 189 Å². The Kier molecular flexibility index (Phi) is 6.20. The van der Waals surface area contributed by atoms with Crippen LogP contribution in [0.2, 0.25) is 0 Å². The topological polar surface area (TPSA) is 126 Å². The first-order valence-electron chi connectivity index (χ1n) is 10.5. The van der Waals surface area contributed by atoms with Gasteiger partial charge in [0.05, 0.1) is 17.8 Å². The number of ether oxygens (including phenoxy) is 2. The van der Waals surface area contributed by atoms with E-state index in [1.807, 2.05) is 47.2 Å². The summed E-state index contributed by atoms with van der Waals surface area (Å²) < 4.78 is 14.1. The fourth-order valence-electron chi connectivity index (χ4n) is 3.36. The predicted molar refractivity (Wildman–Crippen MR) is 118 cm³/mol. The molecule has 11 nitrogen and oxygen atoms in total. The maximum Gasteiger partial charge on any atom is 0.407 e. The van der Waals surface area contributed by atoms with E-state index in [1.54, 1.807) is 20.8 Å². The van der Waals surface area contributed by atoms with Crippen molar-refractivity contribution in [3.63, 3.8) is 0 Å². The van der Waals surface area contributed by atoms with Crippen LogP contribution < -0.4 is 5.32 Å². The molecule has 4 aromatic rings. The number of aromatic nitrogens is 6. The van der Waals surface area contributed by atoms with Crippen LogP contribution in [0.3, 0.4) is 0 Å². The van der Waals surface area contributed by atoms with Crippen LogP contribution in [-0.4, -0.2) is 53.3 Å². The SMILES string of the molecule is CC(C)(C)OC(=O)N[C@@H](CC(=O)OCc1ccccc1)Cn1ccc2c1ncn1nnnc21. The zero-order valence-corrected chi connectivity index (χ0v) is 18.6. The summed E-state index contributed by atoms with van der Waals surface area (Å²) in [6.07, 6.45) is 2.67. The maximum absolute atomic E-state index is 12.6. The molecule has 0 aliphatic rings. The minimum absolute atomic E-state index is 0.0412. The van der Waals surface area contributed by atoms with Crippen LogP contribution >= 0.6 is 0 Å². The summed E-state index contributed by atoms with van der Waals surface area (Å²) in [6, 6.07) is 10.7. The minimum atomic E-state index is -0.670. The molecule has 172 valence electrons. The van der Waals surface area contributed by atoms with E-state index in [4.69, 9.17) is 9.47 Å². The zero-order valence-electron chi connectivity index (χ0n) is 18.6. The molecule has 0 saturated carbocycles. The number of benzene rings is 1. The van der Waals surface area contributed by atoms with Crippen molar-refractivity contribution in [2.75, 3.05) is 0 Å². The summed E-state index contributed by atoms with van der Waals surface area (Å²) in [5.74, 6) is -0.437. The standard InChI is InChI=1S/C22H25N7O4/c1-22(2,3)33-21(31)24-16(11-18(30)32-13-15-7-5-4-6-8-15)12-28-10-9-17-19(28)23-14-29-20(17)25-26-27-29/h4-10,14,16H,11-13H2,1-3H3,(H,24,31)/t16-/m0/s1. The smallest absolute Gasteiger partial charge is 0.407 e. The number of rotatable bonds is 7. The largest absolute Gasteiger partial charge is 0.461 e. The lowest BCUT2D eigenvalue weighted by Crippen LogP contribution is -2.42. The average molecular weight is 451 g/mol. The number of fused-ring (bicyclic) bond motifs is 3. The Morgan fingerprint density at radius 3 is 2.67 bits per heavy atom. The summed E-state index contributed by atoms with van der Waals surface area (Å²) in [5.41, 5.74) is 1.41. The highest BCUT2D eigenvalue weighted by molar-refractivity contribution is 5.89. The lowest BCUT2D eigenvalue weighted by Gasteiger charge is -2.23. The molecular weight excluding hydrogens is 426 g/mol. The molecule has 0 aliphatic heterocycles. The molecule has 1 aromatic carbocycles. The molecule has 0 fully saturated rings. The summed E-state index contributed by atoms with van der Waals surface area (Å²) in [5, 5.41) is 15.1. The zero-order chi connectivity index (χ0) is 23.4. The molecule has 0 saturated heterocycles. The number of esters is 1. The lowest BCUT2D eigenvalue weighted by molar-refractivity contribution is -0.145. The number of alkyl carbamates (subject to hydrolysis) is 1. The minimum Gasteiger partial charge on any atom is -0.461 e. The van der Waals surface area contributed by atoms with Crippen molar-refractivity contribution in [1.29, 1.82) is 0 Å². The molecule has 0 spiro atoms. The average Bonchev–Trinajstić information content (AvgIpc) is 3.38. The monoisotopic (exact) mass is 451 g/mol. The molecule has 3 heterocycles. The highest BCUT2D eigenvalue weighted by atomic mass is 16.6. The molecule has 1 atom stereocenters. The van der Waals surface area contributed by atoms with Gasteiger partial charge in [-0.25, -0.2) is 9.78 Å². The molecule has 11 heteroatoms. The Balaban J connectivity index is 1.50. The van der Waals surface area contributed by atoms with Gasteiger partial charge in [-0.15, -0.1) is 5.10 Å². The number of nitrogens with one attached hydrogen (secondary N) is 1. The Morgan fingerprint density at radius 1 is 1.12 bits per heavy atom. The van der Waals surface area contributed by atoms with E-state index in [1.165, 1.54) is 10.8 Å². The van der Waals surface area contributed by atoms with Gasteiger partial charge in [-0.1, -0.05) is 30.3 Å². The number of nitrogens with zero attached hydrogens (tertiary/aromatic N) is 6. The number of amides is 1. The molecule has 33 heavy (non-hydrogen) atoms. The van der Waals surface area contributed by atoms with Gasteiger partial charge in [-0.3, -0.25) is 4.79 Å². The van der Waals surface area contributed by atoms with E-state index in [0.29, 0.717) is 11.3 Å². The van der Waals surface area contributed by atoms with Crippen molar-refractivity contribution in [2.45, 2.75) is 52.0 Å². The van der Waals surface area contributed by atoms with E-state index in [9.17, 15) is 9.59 Å². The van der Waals surface area contributed by atoms with Crippen molar-refractivity contribution in [1.82, 2.24) is 34.9 Å². The lowest BCUT2D eigenvalue weighted by atomic mass is 10.2. The fourth-order valence-corrected chi connectivity index (χ4v) is 3.36. The molecule has 0 aliphatic carbocycles. The first-order chi connectivity index (χ1) is 15.8. The molecule has 1 amide bonds. The van der Waals surface area contributed by atoms with Crippen LogP contribution in [-0.2, 0) is 27.4 Å². The summed E-state index contributed by atoms with van der Waals surface area (Å²) in [6.45, 7) is 5.75. The van der Waals surface area contributed by atoms with Gasteiger partial charge in [0.15, 0.2) is 5.65 Å². The number of hydrogen-bond acceptors (Lipinski definition) is 8. The number of tetrazole rings is 1. The second-order valence-corrected chi connectivity index (χ2v) is 8.59. The van der Waals surface area contributed by atoms with Gasteiger partial charge < -0.3 is 19.4 Å². The highest BCUT2D eigenvalue weighted by Crippen LogP contribution is 2.18. The van der Waals surface area contributed by atoms with E-state index in [-0.39, 0.29) is 19.6 Å². The summed E-state index contributed by atoms with van der Waals surface area (Å²) >= 11 is 0. The van der Waals surface area contributed by atoms with Crippen molar-refractivity contribution < 1.29 is 19.1 Å². The first kappa shape index (κ1) is 22.2. The second-order valence-electron chi connectivity index (χ2n) is 8.59. The Hall–Kier alpha value is -4.02. The number of carbonyl (C=O) groups excluding carboxylic acids is 2. The molecule has 0 unspecified atom stereocenters. The molecule has 0 bridgehead atoms. The maximum atomic E-state index is 12.6. The Morgan fingerprint density at radius 2 is 1.91 bits per heavy atom. The number of carbonyl (C=O) groups is 2. The van der Waals surface area contributed by atoms with Gasteiger partial charge in [-0.05, 0) is 42.8 Å². The van der Waals surface area contributed by atoms with Crippen molar-refractivity contribution in [2.24, 2.45) is 0 Å². The van der Waals surface area contributed by atoms with Crippen molar-refractivity contribution in [3.8, 4) is 0 Å². The van der Waals surface area contributed by atoms with Gasteiger partial charge in [0, 0.05) is 12.7 Å². The van der Waals surface area contributed by atoms with Gasteiger partial charge in [-0.2, -0.15) is 4.52 Å². The second kappa shape index (κ2) is 9.23. The molecule has 4 rings (SSSR count). The molecule has 3 aromatic heterocycles. The highest BCUT2D eigenvalue weighted by Gasteiger charge is 2.23. The summed E-state index contributed by atoms with van der Waals surface area (Å²) in [4.78, 5) is 29.4. The normalized spacial score (nSPS) is 12.6. The van der Waals surface area contributed by atoms with Gasteiger partial charge in [0.1, 0.15) is 24.2 Å². The quantitative estimate of drug-likeness (QED) is 0.425. The van der Waals surface area contributed by atoms with E-state index < -0.39 is 23.7 Å². The summed E-state index contributed by atoms with van der Waals surface area (Å²) in [7, 11) is 0. The Bertz CT molecular complexity index is 1260. The molecule has 0 radical (unpaired) electrons. The molecule has 1 N–H and O–H groups in total. The van der Waals surface area contributed by atoms with Gasteiger partial charge >= 0.3 is 12.1 Å². The van der Waals surface area contributed by atoms with Crippen LogP contribution in [0.25, 0.3) is 16.7 Å². The molecular formula is C22H25N7O4. The van der Waals surface area contributed by atoms with E-state index >= 15 is 0 Å². The van der Waals surface area contributed by atoms with Crippen LogP contribution in [0.15, 0.2) is 48.9 Å². The third-order valence-corrected chi connectivity index (χ3v) is 4.75. The van der Waals surface area contributed by atoms with Gasteiger partial charge in [0.2, 0.25) is 0 Å². The van der Waals surface area contributed by atoms with Crippen molar-refractivity contribution in [3.05, 3.63) is 54.5 Å².